The molecule has 2 aliphatic rings. The number of hydrogen-bond donors (Lipinski definition) is 0. The maximum Gasteiger partial charge on any atom is 0.230 e. The average Bonchev–Trinajstić information content (AvgIpc) is 3.20. The molecule has 0 radical (unpaired) electrons. The summed E-state index contributed by atoms with van der Waals surface area (Å²) in [7, 11) is 0. The molecule has 0 bridgehead atoms. The molecule has 2 aromatic rings. The van der Waals surface area contributed by atoms with Crippen molar-refractivity contribution in [2.24, 2.45) is 17.8 Å². The van der Waals surface area contributed by atoms with E-state index in [-0.39, 0.29) is 5.92 Å². The second-order valence-electron chi connectivity index (χ2n) is 9.11. The summed E-state index contributed by atoms with van der Waals surface area (Å²) < 4.78 is 0. The lowest BCUT2D eigenvalue weighted by Gasteiger charge is -2.38. The number of thiophene rings is 1. The first-order valence-electron chi connectivity index (χ1n) is 11.1. The summed E-state index contributed by atoms with van der Waals surface area (Å²) in [5.74, 6) is 2.18. The summed E-state index contributed by atoms with van der Waals surface area (Å²) in [6, 6.07) is 13.2. The van der Waals surface area contributed by atoms with Crippen molar-refractivity contribution in [3.05, 3.63) is 41.8 Å². The lowest BCUT2D eigenvalue weighted by atomic mass is 9.81. The Kier molecular flexibility index (Phi) is 6.20. The molecule has 2 fully saturated rings. The molecule has 2 saturated carbocycles. The number of anilines is 1. The first-order valence-corrected chi connectivity index (χ1v) is 12.0. The largest absolute Gasteiger partial charge is 0.308 e. The molecule has 2 aliphatic carbocycles. The molecule has 28 heavy (non-hydrogen) atoms. The monoisotopic (exact) mass is 395 g/mol. The van der Waals surface area contributed by atoms with Gasteiger partial charge in [-0.25, -0.2) is 0 Å². The molecule has 1 amide bonds. The summed E-state index contributed by atoms with van der Waals surface area (Å²) in [5.41, 5.74) is 2.38. The Bertz CT molecular complexity index is 767. The molecule has 4 rings (SSSR count). The zero-order valence-electron chi connectivity index (χ0n) is 17.3. The van der Waals surface area contributed by atoms with Gasteiger partial charge in [0.05, 0.1) is 5.69 Å². The molecule has 150 valence electrons. The van der Waals surface area contributed by atoms with Gasteiger partial charge >= 0.3 is 0 Å². The normalized spacial score (nSPS) is 28.1. The third kappa shape index (κ3) is 4.35. The number of hydrogen-bond acceptors (Lipinski definition) is 2. The van der Waals surface area contributed by atoms with Gasteiger partial charge in [-0.15, -0.1) is 11.3 Å². The van der Waals surface area contributed by atoms with E-state index in [1.54, 1.807) is 11.3 Å². The first kappa shape index (κ1) is 19.7. The van der Waals surface area contributed by atoms with Crippen LogP contribution >= 0.6 is 11.3 Å². The second kappa shape index (κ2) is 8.82. The maximum atomic E-state index is 13.7. The zero-order chi connectivity index (χ0) is 19.5. The van der Waals surface area contributed by atoms with Gasteiger partial charge < -0.3 is 4.90 Å². The highest BCUT2D eigenvalue weighted by atomic mass is 32.1. The highest BCUT2D eigenvalue weighted by Gasteiger charge is 2.34. The molecule has 0 saturated heterocycles. The molecule has 1 heterocycles. The summed E-state index contributed by atoms with van der Waals surface area (Å²) in [6.07, 6.45) is 9.30. The van der Waals surface area contributed by atoms with Gasteiger partial charge in [-0.2, -0.15) is 0 Å². The van der Waals surface area contributed by atoms with Crippen molar-refractivity contribution in [2.45, 2.75) is 71.3 Å². The van der Waals surface area contributed by atoms with Crippen LogP contribution in [-0.4, -0.2) is 11.9 Å². The molecule has 1 aromatic carbocycles. The number of amides is 1. The Morgan fingerprint density at radius 3 is 2.14 bits per heavy atom. The summed E-state index contributed by atoms with van der Waals surface area (Å²) in [6.45, 7) is 4.68. The van der Waals surface area contributed by atoms with Crippen LogP contribution in [-0.2, 0) is 4.79 Å². The minimum atomic E-state index is 0.218. The maximum absolute atomic E-state index is 13.7. The predicted molar refractivity (Wildman–Crippen MR) is 120 cm³/mol. The fourth-order valence-electron chi connectivity index (χ4n) is 4.93. The Balaban J connectivity index is 1.60. The van der Waals surface area contributed by atoms with Crippen molar-refractivity contribution in [2.75, 3.05) is 4.90 Å². The molecule has 0 unspecified atom stereocenters. The van der Waals surface area contributed by atoms with Crippen LogP contribution in [0.25, 0.3) is 10.4 Å². The van der Waals surface area contributed by atoms with E-state index in [1.165, 1.54) is 36.1 Å². The van der Waals surface area contributed by atoms with Crippen LogP contribution in [0.2, 0.25) is 0 Å². The number of carbonyl (C=O) groups is 1. The minimum Gasteiger partial charge on any atom is -0.308 e. The topological polar surface area (TPSA) is 20.3 Å². The van der Waals surface area contributed by atoms with Crippen LogP contribution in [0.3, 0.4) is 0 Å². The van der Waals surface area contributed by atoms with E-state index in [1.807, 2.05) is 0 Å². The summed E-state index contributed by atoms with van der Waals surface area (Å²) in [5, 5.41) is 2.21. The van der Waals surface area contributed by atoms with Gasteiger partial charge in [0, 0.05) is 22.2 Å². The van der Waals surface area contributed by atoms with Crippen LogP contribution in [0, 0.1) is 17.8 Å². The molecule has 0 aliphatic heterocycles. The fraction of sp³-hybridized carbons (Fsp3) is 0.560. The van der Waals surface area contributed by atoms with E-state index in [2.05, 4.69) is 60.5 Å². The lowest BCUT2D eigenvalue weighted by molar-refractivity contribution is -0.124. The number of benzene rings is 1. The van der Waals surface area contributed by atoms with Gasteiger partial charge in [0.2, 0.25) is 5.91 Å². The Morgan fingerprint density at radius 1 is 0.893 bits per heavy atom. The molecular formula is C25H33NOS. The minimum absolute atomic E-state index is 0.218. The van der Waals surface area contributed by atoms with E-state index in [0.29, 0.717) is 11.9 Å². The molecule has 0 N–H and O–H groups in total. The van der Waals surface area contributed by atoms with Crippen LogP contribution in [0.4, 0.5) is 5.69 Å². The van der Waals surface area contributed by atoms with Gasteiger partial charge in [0.25, 0.3) is 0 Å². The van der Waals surface area contributed by atoms with Crippen molar-refractivity contribution >= 4 is 22.9 Å². The third-order valence-corrected chi connectivity index (χ3v) is 7.84. The van der Waals surface area contributed by atoms with Crippen molar-refractivity contribution in [1.82, 2.24) is 0 Å². The Morgan fingerprint density at radius 2 is 1.50 bits per heavy atom. The summed E-state index contributed by atoms with van der Waals surface area (Å²) >= 11 is 1.77. The van der Waals surface area contributed by atoms with Crippen LogP contribution in [0.5, 0.6) is 0 Å². The second-order valence-corrected chi connectivity index (χ2v) is 10.0. The molecule has 3 heteroatoms. The molecule has 1 aromatic heterocycles. The number of carbonyl (C=O) groups excluding carboxylic acids is 1. The van der Waals surface area contributed by atoms with Crippen molar-refractivity contribution in [3.8, 4) is 10.4 Å². The van der Waals surface area contributed by atoms with Gasteiger partial charge in [-0.3, -0.25) is 4.79 Å². The van der Waals surface area contributed by atoms with Crippen LogP contribution in [0.15, 0.2) is 41.8 Å². The van der Waals surface area contributed by atoms with Gasteiger partial charge in [-0.05, 0) is 74.8 Å². The standard InChI is InChI=1S/C25H33NOS/c1-18-8-12-21(13-9-18)25(27)26(22-14-10-19(2)11-15-22)23-16-24(28-17-23)20-6-4-3-5-7-20/h3-7,16-19,21-22H,8-15H2,1-2H3. The van der Waals surface area contributed by atoms with Crippen molar-refractivity contribution in [1.29, 1.82) is 0 Å². The van der Waals surface area contributed by atoms with Crippen LogP contribution < -0.4 is 4.90 Å². The highest BCUT2D eigenvalue weighted by Crippen LogP contribution is 2.39. The highest BCUT2D eigenvalue weighted by molar-refractivity contribution is 7.14. The van der Waals surface area contributed by atoms with Gasteiger partial charge in [0.1, 0.15) is 0 Å². The van der Waals surface area contributed by atoms with E-state index in [4.69, 9.17) is 0 Å². The zero-order valence-corrected chi connectivity index (χ0v) is 18.1. The van der Waals surface area contributed by atoms with E-state index < -0.39 is 0 Å². The van der Waals surface area contributed by atoms with E-state index >= 15 is 0 Å². The predicted octanol–water partition coefficient (Wildman–Crippen LogP) is 7.15. The van der Waals surface area contributed by atoms with E-state index in [9.17, 15) is 4.79 Å². The van der Waals surface area contributed by atoms with Crippen LogP contribution in [0.1, 0.15) is 65.2 Å². The van der Waals surface area contributed by atoms with E-state index in [0.717, 1.165) is 43.2 Å². The molecular weight excluding hydrogens is 362 g/mol. The first-order chi connectivity index (χ1) is 13.6. The van der Waals surface area contributed by atoms with Crippen molar-refractivity contribution in [3.63, 3.8) is 0 Å². The van der Waals surface area contributed by atoms with Gasteiger partial charge in [-0.1, -0.05) is 44.2 Å². The smallest absolute Gasteiger partial charge is 0.230 e. The van der Waals surface area contributed by atoms with Gasteiger partial charge in [0.15, 0.2) is 0 Å². The number of rotatable bonds is 4. The molecule has 2 nitrogen and oxygen atoms in total. The SMILES string of the molecule is CC1CCC(C(=O)N(c2csc(-c3ccccc3)c2)C2CCC(C)CC2)CC1. The average molecular weight is 396 g/mol. The quantitative estimate of drug-likeness (QED) is 0.538. The van der Waals surface area contributed by atoms with Crippen molar-refractivity contribution < 1.29 is 4.79 Å². The lowest BCUT2D eigenvalue weighted by Crippen LogP contribution is -2.46. The number of nitrogens with zero attached hydrogens (tertiary/aromatic N) is 1. The Labute approximate surface area is 174 Å². The third-order valence-electron chi connectivity index (χ3n) is 6.88. The molecule has 0 atom stereocenters. The summed E-state index contributed by atoms with van der Waals surface area (Å²) in [4.78, 5) is 17.1. The molecule has 0 spiro atoms. The Hall–Kier alpha value is -1.61. The fourth-order valence-corrected chi connectivity index (χ4v) is 5.82.